The van der Waals surface area contributed by atoms with Gasteiger partial charge < -0.3 is 24.4 Å². The molecule has 0 aliphatic carbocycles. The normalized spacial score (nSPS) is 29.7. The van der Waals surface area contributed by atoms with Crippen LogP contribution in [-0.2, 0) is 23.9 Å². The van der Waals surface area contributed by atoms with Crippen LogP contribution < -0.4 is 0 Å². The largest absolute Gasteiger partial charge is 0.465 e. The Morgan fingerprint density at radius 2 is 1.95 bits per heavy atom. The first kappa shape index (κ1) is 30.5. The monoisotopic (exact) mass is 616 g/mol. The number of nitrogens with zero attached hydrogens (tertiary/aromatic N) is 2. The molecule has 8 nitrogen and oxygen atoms in total. The number of fused-ring (bicyclic) bond motifs is 1. The van der Waals surface area contributed by atoms with E-state index in [4.69, 9.17) is 9.47 Å². The highest BCUT2D eigenvalue weighted by Gasteiger charge is 2.77. The summed E-state index contributed by atoms with van der Waals surface area (Å²) in [5.41, 5.74) is -1.12. The Kier molecular flexibility index (Phi) is 9.27. The molecule has 4 rings (SSSR count). The van der Waals surface area contributed by atoms with Crippen molar-refractivity contribution in [3.8, 4) is 0 Å². The number of allylic oxidation sites excluding steroid dienone is 1. The Labute approximate surface area is 245 Å². The molecular weight excluding hydrogens is 576 g/mol. The molecule has 1 N–H and O–H groups in total. The number of halogens is 1. The number of unbranched alkanes of at least 4 members (excludes halogenated alkanes) is 2. The zero-order valence-corrected chi connectivity index (χ0v) is 25.2. The number of ether oxygens (including phenoxy) is 2. The summed E-state index contributed by atoms with van der Waals surface area (Å²) >= 11 is 3.70. The number of likely N-dealkylation sites (tertiary alicyclic amines) is 1. The molecule has 9 heteroatoms. The average molecular weight is 618 g/mol. The number of hydrogen-bond donors (Lipinski definition) is 1. The van der Waals surface area contributed by atoms with Crippen LogP contribution in [0.4, 0.5) is 0 Å². The summed E-state index contributed by atoms with van der Waals surface area (Å²) in [6.07, 6.45) is 5.63. The first-order valence-corrected chi connectivity index (χ1v) is 14.9. The van der Waals surface area contributed by atoms with Crippen LogP contribution in [0.2, 0.25) is 0 Å². The molecule has 7 atom stereocenters. The molecule has 3 saturated heterocycles. The Morgan fingerprint density at radius 3 is 2.55 bits per heavy atom. The maximum Gasteiger partial charge on any atom is 0.312 e. The Hall–Kier alpha value is -2.49. The van der Waals surface area contributed by atoms with Crippen LogP contribution in [0, 0.1) is 11.8 Å². The second-order valence-corrected chi connectivity index (χ2v) is 13.1. The van der Waals surface area contributed by atoms with Crippen LogP contribution in [0.15, 0.2) is 55.6 Å². The number of rotatable bonds is 12. The summed E-state index contributed by atoms with van der Waals surface area (Å²) < 4.78 is 12.3. The van der Waals surface area contributed by atoms with Gasteiger partial charge in [-0.1, -0.05) is 58.4 Å². The molecule has 2 amide bonds. The van der Waals surface area contributed by atoms with Gasteiger partial charge >= 0.3 is 5.97 Å². The number of carbonyl (C=O) groups is 3. The number of esters is 1. The average Bonchev–Trinajstić information content (AvgIpc) is 3.51. The molecule has 1 aromatic rings. The SMILES string of the molecule is C=CCCCCOC(=O)[C@H]1[C@@H]2OC3(CC2Br)C(C(=O)N(CC=C)C(C)(C)C)N([C@H](CO)c2ccccc2)C(=O)[C@H]13. The predicted molar refractivity (Wildman–Crippen MR) is 155 cm³/mol. The van der Waals surface area contributed by atoms with Crippen molar-refractivity contribution in [2.24, 2.45) is 11.8 Å². The number of aliphatic hydroxyl groups is 1. The number of carbonyl (C=O) groups excluding carboxylic acids is 3. The zero-order chi connectivity index (χ0) is 29.2. The van der Waals surface area contributed by atoms with E-state index >= 15 is 0 Å². The van der Waals surface area contributed by atoms with E-state index in [9.17, 15) is 19.5 Å². The van der Waals surface area contributed by atoms with Gasteiger partial charge in [0.15, 0.2) is 0 Å². The third-order valence-electron chi connectivity index (χ3n) is 8.36. The molecular formula is C31H41BrN2O6. The van der Waals surface area contributed by atoms with E-state index in [1.54, 1.807) is 11.0 Å². The maximum absolute atomic E-state index is 14.6. The topological polar surface area (TPSA) is 96.4 Å². The van der Waals surface area contributed by atoms with Gasteiger partial charge in [-0.15, -0.1) is 13.2 Å². The van der Waals surface area contributed by atoms with E-state index in [1.807, 2.05) is 57.2 Å². The Morgan fingerprint density at radius 1 is 1.25 bits per heavy atom. The van der Waals surface area contributed by atoms with Gasteiger partial charge in [0.1, 0.15) is 11.6 Å². The molecule has 0 aromatic heterocycles. The number of aliphatic hydroxyl groups excluding tert-OH is 1. The smallest absolute Gasteiger partial charge is 0.312 e. The second-order valence-electron chi connectivity index (χ2n) is 11.9. The van der Waals surface area contributed by atoms with Crippen LogP contribution >= 0.6 is 15.9 Å². The number of hydrogen-bond acceptors (Lipinski definition) is 6. The van der Waals surface area contributed by atoms with Crippen LogP contribution in [0.5, 0.6) is 0 Å². The van der Waals surface area contributed by atoms with Crippen molar-refractivity contribution in [2.75, 3.05) is 19.8 Å². The van der Waals surface area contributed by atoms with Gasteiger partial charge in [0, 0.05) is 16.9 Å². The van der Waals surface area contributed by atoms with Crippen molar-refractivity contribution < 1.29 is 29.0 Å². The maximum atomic E-state index is 14.6. The summed E-state index contributed by atoms with van der Waals surface area (Å²) in [5, 5.41) is 10.6. The number of amides is 2. The Balaban J connectivity index is 1.78. The highest BCUT2D eigenvalue weighted by atomic mass is 79.9. The second kappa shape index (κ2) is 12.2. The molecule has 2 bridgehead atoms. The predicted octanol–water partition coefficient (Wildman–Crippen LogP) is 4.18. The van der Waals surface area contributed by atoms with Gasteiger partial charge in [-0.2, -0.15) is 0 Å². The molecule has 0 saturated carbocycles. The van der Waals surface area contributed by atoms with Crippen molar-refractivity contribution >= 4 is 33.7 Å². The summed E-state index contributed by atoms with van der Waals surface area (Å²) in [7, 11) is 0. The highest BCUT2D eigenvalue weighted by molar-refractivity contribution is 9.09. The molecule has 0 radical (unpaired) electrons. The molecule has 40 heavy (non-hydrogen) atoms. The minimum Gasteiger partial charge on any atom is -0.465 e. The first-order valence-electron chi connectivity index (χ1n) is 14.0. The van der Waals surface area contributed by atoms with Crippen LogP contribution in [0.3, 0.4) is 0 Å². The fraction of sp³-hybridized carbons (Fsp3) is 0.581. The van der Waals surface area contributed by atoms with Gasteiger partial charge in [0.25, 0.3) is 0 Å². The van der Waals surface area contributed by atoms with E-state index in [2.05, 4.69) is 29.1 Å². The highest BCUT2D eigenvalue weighted by Crippen LogP contribution is 2.61. The minimum atomic E-state index is -1.24. The first-order chi connectivity index (χ1) is 19.0. The summed E-state index contributed by atoms with van der Waals surface area (Å²) in [5.74, 6) is -2.91. The van der Waals surface area contributed by atoms with Crippen LogP contribution in [0.1, 0.15) is 58.1 Å². The van der Waals surface area contributed by atoms with Crippen LogP contribution in [-0.4, -0.2) is 80.6 Å². The fourth-order valence-corrected chi connectivity index (χ4v) is 7.55. The summed E-state index contributed by atoms with van der Waals surface area (Å²) in [4.78, 5) is 45.4. The molecule has 1 spiro atoms. The third-order valence-corrected chi connectivity index (χ3v) is 9.21. The van der Waals surface area contributed by atoms with Gasteiger partial charge in [-0.05, 0) is 52.0 Å². The van der Waals surface area contributed by atoms with Gasteiger partial charge in [-0.25, -0.2) is 0 Å². The molecule has 3 aliphatic rings. The molecule has 3 aliphatic heterocycles. The lowest BCUT2D eigenvalue weighted by molar-refractivity contribution is -0.157. The van der Waals surface area contributed by atoms with Crippen molar-refractivity contribution in [1.82, 2.24) is 9.80 Å². The number of benzene rings is 1. The van der Waals surface area contributed by atoms with Crippen molar-refractivity contribution in [2.45, 2.75) is 80.6 Å². The summed E-state index contributed by atoms with van der Waals surface area (Å²) in [6.45, 7) is 13.5. The molecule has 3 fully saturated rings. The molecule has 3 unspecified atom stereocenters. The molecule has 1 aromatic carbocycles. The van der Waals surface area contributed by atoms with E-state index in [-0.39, 0.29) is 36.4 Å². The minimum absolute atomic E-state index is 0.239. The van der Waals surface area contributed by atoms with Crippen molar-refractivity contribution in [3.63, 3.8) is 0 Å². The Bertz CT molecular complexity index is 1120. The van der Waals surface area contributed by atoms with Crippen molar-refractivity contribution in [1.29, 1.82) is 0 Å². The van der Waals surface area contributed by atoms with E-state index in [0.29, 0.717) is 18.4 Å². The molecule has 3 heterocycles. The lowest BCUT2D eigenvalue weighted by atomic mass is 9.70. The standard InChI is InChI=1S/C31H41BrN2O6/c1-6-8-9-13-17-39-29(38)23-24-27(36)34(22(19-35)20-14-11-10-12-15-20)26(31(24)18-21(32)25(23)40-31)28(37)33(16-7-2)30(3,4)5/h6-7,10-12,14-15,21-26,35H,1-2,8-9,13,16-19H2,3-5H3/t21?,22-,23-,24+,25-,26?,31?/m1/s1. The lowest BCUT2D eigenvalue weighted by Crippen LogP contribution is -2.60. The van der Waals surface area contributed by atoms with Crippen molar-refractivity contribution in [3.05, 3.63) is 61.2 Å². The van der Waals surface area contributed by atoms with E-state index < -0.39 is 47.1 Å². The number of alkyl halides is 1. The third kappa shape index (κ3) is 5.28. The quantitative estimate of drug-likeness (QED) is 0.164. The zero-order valence-electron chi connectivity index (χ0n) is 23.6. The lowest BCUT2D eigenvalue weighted by Gasteiger charge is -2.43. The summed E-state index contributed by atoms with van der Waals surface area (Å²) in [6, 6.07) is 7.33. The van der Waals surface area contributed by atoms with Gasteiger partial charge in [0.2, 0.25) is 11.8 Å². The van der Waals surface area contributed by atoms with E-state index in [0.717, 1.165) is 12.8 Å². The van der Waals surface area contributed by atoms with Gasteiger partial charge in [0.05, 0.1) is 37.2 Å². The molecule has 218 valence electrons. The van der Waals surface area contributed by atoms with E-state index in [1.165, 1.54) is 4.90 Å². The van der Waals surface area contributed by atoms with Crippen LogP contribution in [0.25, 0.3) is 0 Å². The van der Waals surface area contributed by atoms with Gasteiger partial charge in [-0.3, -0.25) is 14.4 Å². The fourth-order valence-electron chi connectivity index (χ4n) is 6.61.